The third-order valence-corrected chi connectivity index (χ3v) is 5.23. The molecular formula is C22H21ClFN3O4. The fourth-order valence-corrected chi connectivity index (χ4v) is 3.66. The second kappa shape index (κ2) is 8.93. The number of amides is 1. The van der Waals surface area contributed by atoms with Gasteiger partial charge in [0.05, 0.1) is 18.2 Å². The van der Waals surface area contributed by atoms with E-state index in [1.807, 2.05) is 19.9 Å². The minimum Gasteiger partial charge on any atom is -0.490 e. The zero-order valence-corrected chi connectivity index (χ0v) is 17.9. The minimum absolute atomic E-state index is 0.0313. The van der Waals surface area contributed by atoms with E-state index in [-0.39, 0.29) is 23.3 Å². The molecule has 31 heavy (non-hydrogen) atoms. The van der Waals surface area contributed by atoms with Crippen LogP contribution in [0.3, 0.4) is 0 Å². The lowest BCUT2D eigenvalue weighted by Gasteiger charge is -2.16. The number of ether oxygens (including phenoxy) is 2. The molecule has 0 N–H and O–H groups in total. The average molecular weight is 446 g/mol. The molecule has 9 heteroatoms. The summed E-state index contributed by atoms with van der Waals surface area (Å²) in [6.45, 7) is 5.17. The van der Waals surface area contributed by atoms with Crippen molar-refractivity contribution in [1.29, 1.82) is 0 Å². The highest BCUT2D eigenvalue weighted by Crippen LogP contribution is 2.35. The van der Waals surface area contributed by atoms with Crippen LogP contribution in [0.25, 0.3) is 11.5 Å². The zero-order chi connectivity index (χ0) is 22.0. The van der Waals surface area contributed by atoms with Gasteiger partial charge in [-0.25, -0.2) is 4.39 Å². The van der Waals surface area contributed by atoms with Gasteiger partial charge in [0.1, 0.15) is 5.82 Å². The predicted octanol–water partition coefficient (Wildman–Crippen LogP) is 4.85. The average Bonchev–Trinajstić information content (AvgIpc) is 3.39. The number of nitrogens with zero attached hydrogens (tertiary/aromatic N) is 3. The van der Waals surface area contributed by atoms with Gasteiger partial charge in [-0.2, -0.15) is 4.98 Å². The van der Waals surface area contributed by atoms with Gasteiger partial charge in [0.15, 0.2) is 17.3 Å². The van der Waals surface area contributed by atoms with Gasteiger partial charge in [-0.15, -0.1) is 0 Å². The van der Waals surface area contributed by atoms with Crippen LogP contribution in [0.1, 0.15) is 32.0 Å². The lowest BCUT2D eigenvalue weighted by Crippen LogP contribution is -2.24. The van der Waals surface area contributed by atoms with E-state index in [0.29, 0.717) is 54.2 Å². The Labute approximate surface area is 183 Å². The van der Waals surface area contributed by atoms with Gasteiger partial charge < -0.3 is 18.9 Å². The van der Waals surface area contributed by atoms with Crippen molar-refractivity contribution in [3.8, 4) is 23.0 Å². The monoisotopic (exact) mass is 445 g/mol. The molecule has 2 heterocycles. The van der Waals surface area contributed by atoms with E-state index in [9.17, 15) is 9.18 Å². The van der Waals surface area contributed by atoms with Crippen LogP contribution in [0.15, 0.2) is 40.9 Å². The van der Waals surface area contributed by atoms with Crippen molar-refractivity contribution in [3.05, 3.63) is 53.1 Å². The molecule has 1 fully saturated rings. The summed E-state index contributed by atoms with van der Waals surface area (Å²) in [6.07, 6.45) is 0.224. The molecule has 0 spiro atoms. The number of anilines is 1. The molecule has 1 aliphatic heterocycles. The first-order valence-corrected chi connectivity index (χ1v) is 10.4. The third kappa shape index (κ3) is 4.34. The molecule has 0 bridgehead atoms. The Morgan fingerprint density at radius 1 is 1.16 bits per heavy atom. The van der Waals surface area contributed by atoms with Crippen molar-refractivity contribution in [2.24, 2.45) is 0 Å². The molecule has 1 amide bonds. The summed E-state index contributed by atoms with van der Waals surface area (Å²) < 4.78 is 30.1. The normalized spacial score (nSPS) is 16.1. The second-order valence-corrected chi connectivity index (χ2v) is 7.40. The van der Waals surface area contributed by atoms with Crippen LogP contribution in [-0.2, 0) is 4.79 Å². The highest BCUT2D eigenvalue weighted by Gasteiger charge is 2.35. The molecule has 0 aliphatic carbocycles. The van der Waals surface area contributed by atoms with Gasteiger partial charge in [-0.05, 0) is 50.2 Å². The standard InChI is InChI=1S/C22H21ClFN3O4/c1-3-29-18-8-5-13(9-19(18)30-4-2)22-25-21(26-31-22)14-10-20(28)27(12-14)15-6-7-17(24)16(23)11-15/h5-9,11,14H,3-4,10,12H2,1-2H3. The van der Waals surface area contributed by atoms with E-state index >= 15 is 0 Å². The molecule has 0 saturated carbocycles. The molecule has 1 atom stereocenters. The summed E-state index contributed by atoms with van der Waals surface area (Å²) in [6, 6.07) is 9.61. The second-order valence-electron chi connectivity index (χ2n) is 6.99. The van der Waals surface area contributed by atoms with Crippen LogP contribution >= 0.6 is 11.6 Å². The zero-order valence-electron chi connectivity index (χ0n) is 17.1. The van der Waals surface area contributed by atoms with Crippen molar-refractivity contribution < 1.29 is 23.2 Å². The predicted molar refractivity (Wildman–Crippen MR) is 113 cm³/mol. The summed E-state index contributed by atoms with van der Waals surface area (Å²) in [4.78, 5) is 18.6. The van der Waals surface area contributed by atoms with E-state index < -0.39 is 5.82 Å². The van der Waals surface area contributed by atoms with Crippen molar-refractivity contribution in [3.63, 3.8) is 0 Å². The molecule has 4 rings (SSSR count). The van der Waals surface area contributed by atoms with Gasteiger partial charge in [0.2, 0.25) is 5.91 Å². The first kappa shape index (κ1) is 21.1. The summed E-state index contributed by atoms with van der Waals surface area (Å²) in [7, 11) is 0. The lowest BCUT2D eigenvalue weighted by molar-refractivity contribution is -0.117. The molecule has 1 aliphatic rings. The number of rotatable bonds is 7. The Kier molecular flexibility index (Phi) is 6.08. The lowest BCUT2D eigenvalue weighted by atomic mass is 10.1. The van der Waals surface area contributed by atoms with E-state index in [2.05, 4.69) is 10.1 Å². The number of aromatic nitrogens is 2. The van der Waals surface area contributed by atoms with Crippen molar-refractivity contribution in [2.45, 2.75) is 26.2 Å². The molecule has 0 radical (unpaired) electrons. The van der Waals surface area contributed by atoms with Crippen LogP contribution in [0, 0.1) is 5.82 Å². The molecule has 1 unspecified atom stereocenters. The summed E-state index contributed by atoms with van der Waals surface area (Å²) in [5, 5.41) is 4.05. The fraction of sp³-hybridized carbons (Fsp3) is 0.318. The molecule has 7 nitrogen and oxygen atoms in total. The molecule has 162 valence electrons. The summed E-state index contributed by atoms with van der Waals surface area (Å²) in [5.41, 5.74) is 1.23. The van der Waals surface area contributed by atoms with Crippen molar-refractivity contribution >= 4 is 23.2 Å². The fourth-order valence-electron chi connectivity index (χ4n) is 3.49. The number of carbonyl (C=O) groups excluding carboxylic acids is 1. The summed E-state index contributed by atoms with van der Waals surface area (Å²) in [5.74, 6) is 1.11. The van der Waals surface area contributed by atoms with Gasteiger partial charge in [0.25, 0.3) is 5.89 Å². The quantitative estimate of drug-likeness (QED) is 0.517. The maximum Gasteiger partial charge on any atom is 0.258 e. The molecular weight excluding hydrogens is 425 g/mol. The Morgan fingerprint density at radius 2 is 1.94 bits per heavy atom. The maximum atomic E-state index is 13.4. The van der Waals surface area contributed by atoms with Crippen LogP contribution in [0.4, 0.5) is 10.1 Å². The number of benzene rings is 2. The summed E-state index contributed by atoms with van der Waals surface area (Å²) >= 11 is 5.86. The van der Waals surface area contributed by atoms with E-state index in [0.717, 1.165) is 0 Å². The Morgan fingerprint density at radius 3 is 2.68 bits per heavy atom. The highest BCUT2D eigenvalue weighted by atomic mass is 35.5. The van der Waals surface area contributed by atoms with Crippen LogP contribution in [0.5, 0.6) is 11.5 Å². The minimum atomic E-state index is -0.529. The number of hydrogen-bond acceptors (Lipinski definition) is 6. The van der Waals surface area contributed by atoms with E-state index in [1.54, 1.807) is 17.0 Å². The van der Waals surface area contributed by atoms with Crippen LogP contribution in [-0.4, -0.2) is 35.8 Å². The molecule has 3 aromatic rings. The number of hydrogen-bond donors (Lipinski definition) is 0. The Balaban J connectivity index is 1.54. The van der Waals surface area contributed by atoms with E-state index in [4.69, 9.17) is 25.6 Å². The largest absolute Gasteiger partial charge is 0.490 e. The Hall–Kier alpha value is -3.13. The number of halogens is 2. The SMILES string of the molecule is CCOc1ccc(-c2nc(C3CC(=O)N(c4ccc(F)c(Cl)c4)C3)no2)cc1OCC. The van der Waals surface area contributed by atoms with Crippen LogP contribution in [0.2, 0.25) is 5.02 Å². The van der Waals surface area contributed by atoms with E-state index in [1.165, 1.54) is 18.2 Å². The molecule has 1 aromatic heterocycles. The highest BCUT2D eigenvalue weighted by molar-refractivity contribution is 6.31. The third-order valence-electron chi connectivity index (χ3n) is 4.94. The van der Waals surface area contributed by atoms with Gasteiger partial charge in [0, 0.05) is 30.1 Å². The van der Waals surface area contributed by atoms with Gasteiger partial charge in [-0.3, -0.25) is 4.79 Å². The van der Waals surface area contributed by atoms with Crippen molar-refractivity contribution in [1.82, 2.24) is 10.1 Å². The smallest absolute Gasteiger partial charge is 0.258 e. The topological polar surface area (TPSA) is 77.7 Å². The molecule has 1 saturated heterocycles. The maximum absolute atomic E-state index is 13.4. The molecule has 2 aromatic carbocycles. The first-order chi connectivity index (χ1) is 15.0. The number of carbonyl (C=O) groups is 1. The van der Waals surface area contributed by atoms with Gasteiger partial charge in [-0.1, -0.05) is 16.8 Å². The van der Waals surface area contributed by atoms with Gasteiger partial charge >= 0.3 is 0 Å². The van der Waals surface area contributed by atoms with Crippen molar-refractivity contribution in [2.75, 3.05) is 24.7 Å². The first-order valence-electron chi connectivity index (χ1n) is 9.99. The van der Waals surface area contributed by atoms with Crippen LogP contribution < -0.4 is 14.4 Å². The Bertz CT molecular complexity index is 1100.